The van der Waals surface area contributed by atoms with Crippen LogP contribution in [0.3, 0.4) is 0 Å². The fraction of sp³-hybridized carbons (Fsp3) is 0.467. The molecule has 5 heteroatoms. The first-order valence-corrected chi connectivity index (χ1v) is 6.82. The predicted octanol–water partition coefficient (Wildman–Crippen LogP) is 2.15. The van der Waals surface area contributed by atoms with Gasteiger partial charge in [-0.05, 0) is 39.0 Å². The molecule has 1 amide bonds. The van der Waals surface area contributed by atoms with Crippen molar-refractivity contribution in [1.82, 2.24) is 5.32 Å². The normalized spacial score (nSPS) is 10.2. The second-order valence-electron chi connectivity index (χ2n) is 4.83. The summed E-state index contributed by atoms with van der Waals surface area (Å²) in [5.74, 6) is -0.120. The molecule has 20 heavy (non-hydrogen) atoms. The van der Waals surface area contributed by atoms with E-state index >= 15 is 0 Å². The lowest BCUT2D eigenvalue weighted by atomic mass is 10.1. The molecule has 0 aromatic heterocycles. The van der Waals surface area contributed by atoms with E-state index < -0.39 is 0 Å². The van der Waals surface area contributed by atoms with Gasteiger partial charge in [-0.2, -0.15) is 5.26 Å². The summed E-state index contributed by atoms with van der Waals surface area (Å²) in [6.45, 7) is 7.08. The van der Waals surface area contributed by atoms with Crippen LogP contribution in [0.15, 0.2) is 18.2 Å². The number of benzene rings is 1. The maximum atomic E-state index is 12.1. The monoisotopic (exact) mass is 274 g/mol. The number of amides is 1. The summed E-state index contributed by atoms with van der Waals surface area (Å²) in [6.07, 6.45) is 0.405. The van der Waals surface area contributed by atoms with Crippen LogP contribution in [0.1, 0.15) is 37.6 Å². The number of nitrogens with one attached hydrogen (secondary N) is 1. The molecular formula is C15H22N4O. The van der Waals surface area contributed by atoms with Gasteiger partial charge in [0.15, 0.2) is 0 Å². The molecule has 0 aliphatic heterocycles. The molecule has 0 radical (unpaired) electrons. The zero-order valence-corrected chi connectivity index (χ0v) is 12.3. The Balaban J connectivity index is 3.20. The third-order valence-electron chi connectivity index (χ3n) is 3.00. The van der Waals surface area contributed by atoms with Crippen molar-refractivity contribution in [3.05, 3.63) is 23.8 Å². The summed E-state index contributed by atoms with van der Waals surface area (Å²) in [4.78, 5) is 14.2. The highest BCUT2D eigenvalue weighted by atomic mass is 16.1. The van der Waals surface area contributed by atoms with Crippen molar-refractivity contribution in [2.75, 3.05) is 23.7 Å². The van der Waals surface area contributed by atoms with Crippen LogP contribution in [-0.4, -0.2) is 25.0 Å². The van der Waals surface area contributed by atoms with Gasteiger partial charge < -0.3 is 16.0 Å². The van der Waals surface area contributed by atoms with Crippen molar-refractivity contribution in [2.24, 2.45) is 0 Å². The van der Waals surface area contributed by atoms with Gasteiger partial charge in [0.25, 0.3) is 5.91 Å². The van der Waals surface area contributed by atoms with Crippen molar-refractivity contribution in [2.45, 2.75) is 33.2 Å². The number of carbonyl (C=O) groups is 1. The van der Waals surface area contributed by atoms with Gasteiger partial charge in [-0.3, -0.25) is 4.79 Å². The summed E-state index contributed by atoms with van der Waals surface area (Å²) in [5, 5.41) is 11.6. The summed E-state index contributed by atoms with van der Waals surface area (Å²) < 4.78 is 0. The van der Waals surface area contributed by atoms with E-state index in [1.165, 1.54) is 0 Å². The fourth-order valence-electron chi connectivity index (χ4n) is 2.06. The molecule has 108 valence electrons. The third-order valence-corrected chi connectivity index (χ3v) is 3.00. The Hall–Kier alpha value is -2.22. The number of carbonyl (C=O) groups excluding carboxylic acids is 1. The third kappa shape index (κ3) is 3.89. The van der Waals surface area contributed by atoms with Crippen LogP contribution in [0.5, 0.6) is 0 Å². The first-order valence-electron chi connectivity index (χ1n) is 6.82. The summed E-state index contributed by atoms with van der Waals surface area (Å²) in [5.41, 5.74) is 7.82. The number of nitrogens with two attached hydrogens (primary N) is 1. The molecular weight excluding hydrogens is 252 g/mol. The van der Waals surface area contributed by atoms with Crippen molar-refractivity contribution in [1.29, 1.82) is 5.26 Å². The minimum atomic E-state index is -0.120. The Morgan fingerprint density at radius 2 is 2.20 bits per heavy atom. The zero-order valence-electron chi connectivity index (χ0n) is 12.3. The van der Waals surface area contributed by atoms with Gasteiger partial charge in [-0.1, -0.05) is 0 Å². The van der Waals surface area contributed by atoms with Gasteiger partial charge in [0.2, 0.25) is 0 Å². The van der Waals surface area contributed by atoms with Crippen LogP contribution in [0.4, 0.5) is 11.4 Å². The van der Waals surface area contributed by atoms with Crippen LogP contribution in [0.2, 0.25) is 0 Å². The minimum Gasteiger partial charge on any atom is -0.399 e. The molecule has 0 atom stereocenters. The minimum absolute atomic E-state index is 0.120. The lowest BCUT2D eigenvalue weighted by Gasteiger charge is -2.30. The lowest BCUT2D eigenvalue weighted by Crippen LogP contribution is -2.34. The largest absolute Gasteiger partial charge is 0.399 e. The standard InChI is InChI=1S/C15H22N4O/c1-4-18-15(20)13-7-6-12(17)10-14(13)19(11(2)3)9-5-8-16/h6-7,10-11H,4-5,9,17H2,1-3H3,(H,18,20). The molecule has 0 saturated heterocycles. The molecule has 1 aromatic rings. The Morgan fingerprint density at radius 1 is 1.50 bits per heavy atom. The summed E-state index contributed by atoms with van der Waals surface area (Å²) in [6, 6.07) is 7.56. The van der Waals surface area contributed by atoms with E-state index in [0.29, 0.717) is 30.8 Å². The molecule has 1 aromatic carbocycles. The van der Waals surface area contributed by atoms with Crippen molar-refractivity contribution in [3.8, 4) is 6.07 Å². The molecule has 0 saturated carbocycles. The number of rotatable bonds is 6. The van der Waals surface area contributed by atoms with Crippen molar-refractivity contribution >= 4 is 17.3 Å². The van der Waals surface area contributed by atoms with Gasteiger partial charge in [0, 0.05) is 24.8 Å². The number of nitriles is 1. The molecule has 0 unspecified atom stereocenters. The van der Waals surface area contributed by atoms with Crippen molar-refractivity contribution < 1.29 is 4.79 Å². The molecule has 1 rings (SSSR count). The average molecular weight is 274 g/mol. The average Bonchev–Trinajstić information content (AvgIpc) is 2.39. The lowest BCUT2D eigenvalue weighted by molar-refractivity contribution is 0.0956. The second-order valence-corrected chi connectivity index (χ2v) is 4.83. The van der Waals surface area contributed by atoms with E-state index in [0.717, 1.165) is 5.69 Å². The van der Waals surface area contributed by atoms with Crippen LogP contribution in [0.25, 0.3) is 0 Å². The van der Waals surface area contributed by atoms with Gasteiger partial charge in [0.05, 0.1) is 23.7 Å². The predicted molar refractivity (Wildman–Crippen MR) is 81.6 cm³/mol. The number of hydrogen-bond donors (Lipinski definition) is 2. The molecule has 0 bridgehead atoms. The van der Waals surface area contributed by atoms with Crippen LogP contribution < -0.4 is 16.0 Å². The number of nitrogens with zero attached hydrogens (tertiary/aromatic N) is 2. The van der Waals surface area contributed by atoms with Gasteiger partial charge in [0.1, 0.15) is 0 Å². The molecule has 0 spiro atoms. The second kappa shape index (κ2) is 7.39. The highest BCUT2D eigenvalue weighted by molar-refractivity contribution is 6.00. The highest BCUT2D eigenvalue weighted by Crippen LogP contribution is 2.25. The molecule has 0 aliphatic rings. The Kier molecular flexibility index (Phi) is 5.85. The van der Waals surface area contributed by atoms with E-state index in [4.69, 9.17) is 11.0 Å². The summed E-state index contributed by atoms with van der Waals surface area (Å²) in [7, 11) is 0. The Morgan fingerprint density at radius 3 is 2.75 bits per heavy atom. The number of nitrogen functional groups attached to an aromatic ring is 1. The van der Waals surface area contributed by atoms with E-state index in [1.54, 1.807) is 18.2 Å². The van der Waals surface area contributed by atoms with Crippen LogP contribution >= 0.6 is 0 Å². The molecule has 0 fully saturated rings. The summed E-state index contributed by atoms with van der Waals surface area (Å²) >= 11 is 0. The maximum Gasteiger partial charge on any atom is 0.253 e. The van der Waals surface area contributed by atoms with Crippen molar-refractivity contribution in [3.63, 3.8) is 0 Å². The topological polar surface area (TPSA) is 82.2 Å². The first kappa shape index (κ1) is 15.8. The molecule has 3 N–H and O–H groups in total. The zero-order chi connectivity index (χ0) is 15.1. The smallest absolute Gasteiger partial charge is 0.253 e. The quantitative estimate of drug-likeness (QED) is 0.779. The fourth-order valence-corrected chi connectivity index (χ4v) is 2.06. The van der Waals surface area contributed by atoms with Crippen LogP contribution in [0, 0.1) is 11.3 Å². The SMILES string of the molecule is CCNC(=O)c1ccc(N)cc1N(CCC#N)C(C)C. The molecule has 5 nitrogen and oxygen atoms in total. The van der Waals surface area contributed by atoms with E-state index in [-0.39, 0.29) is 11.9 Å². The van der Waals surface area contributed by atoms with Gasteiger partial charge in [-0.25, -0.2) is 0 Å². The van der Waals surface area contributed by atoms with Crippen LogP contribution in [-0.2, 0) is 0 Å². The molecule has 0 heterocycles. The molecule has 0 aliphatic carbocycles. The maximum absolute atomic E-state index is 12.1. The highest BCUT2D eigenvalue weighted by Gasteiger charge is 2.18. The van der Waals surface area contributed by atoms with E-state index in [1.807, 2.05) is 25.7 Å². The van der Waals surface area contributed by atoms with E-state index in [9.17, 15) is 4.79 Å². The van der Waals surface area contributed by atoms with E-state index in [2.05, 4.69) is 11.4 Å². The Bertz CT molecular complexity index is 505. The number of anilines is 2. The van der Waals surface area contributed by atoms with Gasteiger partial charge in [-0.15, -0.1) is 0 Å². The number of hydrogen-bond acceptors (Lipinski definition) is 4. The first-order chi connectivity index (χ1) is 9.51. The Labute approximate surface area is 120 Å². The van der Waals surface area contributed by atoms with Gasteiger partial charge >= 0.3 is 0 Å².